The van der Waals surface area contributed by atoms with Crippen molar-refractivity contribution in [3.8, 4) is 0 Å². The van der Waals surface area contributed by atoms with E-state index in [0.717, 1.165) is 30.4 Å². The van der Waals surface area contributed by atoms with E-state index < -0.39 is 29.7 Å². The molecular formula is C37H50I37N4O9-. The molecule has 3 saturated heterocycles. The van der Waals surface area contributed by atoms with Gasteiger partial charge in [-0.2, -0.15) is 0 Å². The van der Waals surface area contributed by atoms with Crippen molar-refractivity contribution in [3.05, 3.63) is 71.8 Å². The first-order valence-corrected chi connectivity index (χ1v) is 242. The molecule has 3 amide bonds. The van der Waals surface area contributed by atoms with Crippen molar-refractivity contribution in [2.24, 2.45) is 17.6 Å². The maximum absolute atomic E-state index is 12.2. The average molecular weight is 5390 g/mol. The first-order chi connectivity index (χ1) is 41.0. The molecule has 87 heavy (non-hydrogen) atoms. The first-order valence-electron chi connectivity index (χ1n) is 22.3. The van der Waals surface area contributed by atoms with Gasteiger partial charge in [0.2, 0.25) is 5.91 Å². The molecule has 0 bridgehead atoms. The summed E-state index contributed by atoms with van der Waals surface area (Å²) in [6, 6.07) is 18.6. The van der Waals surface area contributed by atoms with E-state index >= 15 is 0 Å². The molecule has 5 rings (SSSR count). The molecule has 3 aliphatic rings. The number of halogens is 37. The van der Waals surface area contributed by atoms with Gasteiger partial charge in [0, 0.05) is 45.2 Å². The van der Waals surface area contributed by atoms with Gasteiger partial charge in [-0.3, -0.25) is 9.59 Å². The number of hydrogen-bond acceptors (Lipinski definition) is 10. The van der Waals surface area contributed by atoms with E-state index in [2.05, 4.69) is 372 Å². The van der Waals surface area contributed by atoms with Gasteiger partial charge in [-0.15, -0.1) is 0 Å². The Morgan fingerprint density at radius 1 is 0.529 bits per heavy atom. The molecule has 0 radical (unpaired) electrons. The number of piperidine rings is 2. The summed E-state index contributed by atoms with van der Waals surface area (Å²) in [5.41, 5.74) is 7.57. The van der Waals surface area contributed by atoms with Crippen LogP contribution in [0.1, 0.15) is 56.1 Å². The molecule has 2 aromatic carbocycles. The van der Waals surface area contributed by atoms with E-state index in [9.17, 15) is 24.0 Å². The zero-order chi connectivity index (χ0) is 65.8. The zero-order valence-electron chi connectivity index (χ0n) is 43.1. The predicted octanol–water partition coefficient (Wildman–Crippen LogP) is 33.0. The number of carbonyl (C=O) groups is 5. The second-order valence-corrected chi connectivity index (χ2v) is 811. The van der Waals surface area contributed by atoms with Crippen LogP contribution in [0.25, 0.3) is 0 Å². The van der Waals surface area contributed by atoms with Crippen LogP contribution in [0, 0.1) is 11.8 Å². The summed E-state index contributed by atoms with van der Waals surface area (Å²) in [7, 11) is -3.39. The summed E-state index contributed by atoms with van der Waals surface area (Å²) >= 11 is 60.9. The van der Waals surface area contributed by atoms with Gasteiger partial charge >= 0.3 is 536 Å². The Labute approximate surface area is 775 Å². The fourth-order valence-corrected chi connectivity index (χ4v) is 5250. The van der Waals surface area contributed by atoms with Crippen LogP contribution in [0.5, 0.6) is 0 Å². The number of ether oxygens (including phenoxy) is 4. The number of hydrogen-bond donors (Lipinski definition) is 1. The number of likely N-dealkylation sites (tertiary alicyclic amines) is 3. The Bertz CT molecular complexity index is 2280. The number of carbonyl (C=O) groups excluding carboxylic acids is 5. The molecule has 2 atom stereocenters. The SMILES string of the molecule is COC(=O)[C@@H](CN)CC1CCN(C(=O)OCc2ccccc2)CC1.COC(=O)[C@H]1CCC(=O)N1C1CCN(C(=O)OCc2ccccc2)CC1.II(I)I(I)I(I)I(I)I(I)I(I)I(I)I(I)I.I[I-]I(I)I(I)I(I)I(I)I(I)I(I)I(I)I(I)I. The van der Waals surface area contributed by atoms with Gasteiger partial charge in [-0.05, 0) is 55.6 Å². The van der Waals surface area contributed by atoms with Crippen molar-refractivity contribution in [1.29, 1.82) is 0 Å². The van der Waals surface area contributed by atoms with Gasteiger partial charge < -0.3 is 39.4 Å². The van der Waals surface area contributed by atoms with Gasteiger partial charge in [0.05, 0.1) is 20.1 Å². The van der Waals surface area contributed by atoms with E-state index in [-0.39, 0.29) is 158 Å². The summed E-state index contributed by atoms with van der Waals surface area (Å²) in [5, 5.41) is 0. The normalized spacial score (nSPS) is 18.3. The Hall–Kier alpha value is 22.4. The van der Waals surface area contributed by atoms with Crippen LogP contribution in [0.15, 0.2) is 60.7 Å². The number of nitrogens with zero attached hydrogens (tertiary/aromatic N) is 3. The summed E-state index contributed by atoms with van der Waals surface area (Å²) < 4.78 is 20.3. The molecule has 0 unspecified atom stereocenters. The van der Waals surface area contributed by atoms with Gasteiger partial charge in [0.25, 0.3) is 0 Å². The first kappa shape index (κ1) is 105. The van der Waals surface area contributed by atoms with E-state index in [1.807, 2.05) is 60.7 Å². The standard InChI is InChI=1S/C19H24N2O5.C18H26N2O4.I19.I18/c1-25-18(23)16-7-8-17(22)21(16)15-9-11-20(12-10-15)19(24)26-13-14-5-3-2-4-6-14;1-23-17(21)16(12-19)11-14-7-9-20(10-8-14)18(22)24-13-15-5-3-2-4-6-15;1-11-13(4)15(6)17(8)19(10)18(9)16(7)14(5)12(2)3;1-11(2)13(5)15(7)17(9)18(10)16(8)14(6)12(3)4/h2-6,15-16H,7-13H2,1H3;2-6,14,16H,7-13,19H2,1H3;;/q;;-1;/t2*16-;;/m11../s1. The minimum absolute atomic E-state index is 0.00879. The molecule has 3 fully saturated rings. The number of rotatable bonds is 25. The summed E-state index contributed by atoms with van der Waals surface area (Å²) in [6.45, 7) is 3.15. The molecule has 2 N–H and O–H groups in total. The minimum atomic E-state index is -0.492. The number of amides is 3. The van der Waals surface area contributed by atoms with Crippen molar-refractivity contribution in [2.75, 3.05) is 46.9 Å². The summed E-state index contributed by atoms with van der Waals surface area (Å²) in [4.78, 5) is 65.1. The number of nitrogens with two attached hydrogens (primary N) is 1. The van der Waals surface area contributed by atoms with Crippen LogP contribution in [-0.4, -0.2) is 104 Å². The van der Waals surface area contributed by atoms with Crippen molar-refractivity contribution in [1.82, 2.24) is 14.7 Å². The molecule has 3 aliphatic heterocycles. The second kappa shape index (κ2) is 62.5. The van der Waals surface area contributed by atoms with Crippen molar-refractivity contribution in [3.63, 3.8) is 0 Å². The third kappa shape index (κ3) is 42.7. The Balaban J connectivity index is 0.000000401. The molecular weight excluding hydrogens is 5340 g/mol. The number of esters is 2. The van der Waals surface area contributed by atoms with Crippen LogP contribution in [0.3, 0.4) is 0 Å². The third-order valence-electron chi connectivity index (χ3n) is 10.7. The van der Waals surface area contributed by atoms with Crippen LogP contribution < -0.4 is 19.0 Å². The molecule has 0 aromatic heterocycles. The number of benzene rings is 2. The summed E-state index contributed by atoms with van der Waals surface area (Å²) in [6.07, 6.45) is 3.96. The van der Waals surface area contributed by atoms with Crippen molar-refractivity contribution in [2.45, 2.75) is 70.2 Å². The molecule has 2 aromatic rings. The van der Waals surface area contributed by atoms with Gasteiger partial charge in [-0.25, -0.2) is 14.4 Å². The molecule has 3 heterocycles. The quantitative estimate of drug-likeness (QED) is 0.0576. The molecule has 0 spiro atoms. The van der Waals surface area contributed by atoms with E-state index in [1.54, 1.807) is 14.7 Å². The molecule has 532 valence electrons. The van der Waals surface area contributed by atoms with Gasteiger partial charge in [0.15, 0.2) is 0 Å². The predicted molar refractivity (Wildman–Crippen MR) is 688 cm³/mol. The fourth-order valence-electron chi connectivity index (χ4n) is 7.07. The maximum atomic E-state index is 12.2. The molecule has 0 aliphatic carbocycles. The van der Waals surface area contributed by atoms with Crippen molar-refractivity contribution < 1.29 is 56.2 Å². The topological polar surface area (TPSA) is 158 Å². The number of methoxy groups -OCH3 is 2. The third-order valence-corrected chi connectivity index (χ3v) is 2410. The molecule has 13 nitrogen and oxygen atoms in total. The Morgan fingerprint density at radius 2 is 0.885 bits per heavy atom. The van der Waals surface area contributed by atoms with Crippen LogP contribution in [0.2, 0.25) is 0 Å². The molecule has 0 saturated carbocycles. The van der Waals surface area contributed by atoms with Gasteiger partial charge in [-0.1, -0.05) is 60.7 Å². The van der Waals surface area contributed by atoms with E-state index in [1.165, 1.54) is 14.2 Å². The molecule has 50 heteroatoms. The van der Waals surface area contributed by atoms with Gasteiger partial charge in [0.1, 0.15) is 19.3 Å². The Morgan fingerprint density at radius 3 is 1.22 bits per heavy atom. The van der Waals surface area contributed by atoms with Crippen LogP contribution >= 0.6 is 499 Å². The monoisotopic (exact) mass is 5390 g/mol. The van der Waals surface area contributed by atoms with E-state index in [0.29, 0.717) is 77.6 Å². The zero-order valence-corrected chi connectivity index (χ0v) is 123. The Kier molecular flexibility index (Phi) is 75.7. The fraction of sp³-hybridized carbons (Fsp3) is 0.541. The van der Waals surface area contributed by atoms with E-state index in [4.69, 9.17) is 24.7 Å². The average Bonchev–Trinajstić information content (AvgIpc) is 2.36. The second-order valence-electron chi connectivity index (χ2n) is 15.4. The summed E-state index contributed by atoms with van der Waals surface area (Å²) in [5.74, 6) is -0.485. The van der Waals surface area contributed by atoms with Crippen LogP contribution in [-0.2, 0) is 46.5 Å². The van der Waals surface area contributed by atoms with Crippen molar-refractivity contribution >= 4 is 529 Å². The van der Waals surface area contributed by atoms with Crippen LogP contribution in [0.4, 0.5) is 9.59 Å².